The van der Waals surface area contributed by atoms with Crippen LogP contribution in [0.1, 0.15) is 52.9 Å². The van der Waals surface area contributed by atoms with E-state index in [9.17, 15) is 0 Å². The predicted octanol–water partition coefficient (Wildman–Crippen LogP) is 2.21. The van der Waals surface area contributed by atoms with Crippen molar-refractivity contribution in [2.24, 2.45) is 4.99 Å². The number of aliphatic imine (C=N–C) groups is 1. The van der Waals surface area contributed by atoms with Crippen LogP contribution in [0.25, 0.3) is 0 Å². The van der Waals surface area contributed by atoms with Crippen molar-refractivity contribution in [2.45, 2.75) is 64.5 Å². The van der Waals surface area contributed by atoms with Crippen LogP contribution in [0.5, 0.6) is 0 Å². The second-order valence-corrected chi connectivity index (χ2v) is 6.38. The van der Waals surface area contributed by atoms with Gasteiger partial charge in [0.15, 0.2) is 5.96 Å². The molecule has 1 aliphatic rings. The van der Waals surface area contributed by atoms with Gasteiger partial charge in [-0.25, -0.2) is 0 Å². The highest BCUT2D eigenvalue weighted by molar-refractivity contribution is 5.80. The van der Waals surface area contributed by atoms with Crippen molar-refractivity contribution in [3.63, 3.8) is 0 Å². The Morgan fingerprint density at radius 2 is 1.84 bits per heavy atom. The lowest BCUT2D eigenvalue weighted by atomic mass is 9.96. The van der Waals surface area contributed by atoms with Crippen molar-refractivity contribution >= 4 is 5.96 Å². The fourth-order valence-corrected chi connectivity index (χ4v) is 2.17. The molecule has 0 aromatic carbocycles. The Bertz CT molecular complexity index is 278. The largest absolute Gasteiger partial charge is 0.357 e. The number of hydrogen-bond acceptors (Lipinski definition) is 2. The van der Waals surface area contributed by atoms with Gasteiger partial charge in [-0.2, -0.15) is 0 Å². The summed E-state index contributed by atoms with van der Waals surface area (Å²) in [7, 11) is 4.22. The molecule has 0 aromatic heterocycles. The maximum atomic E-state index is 4.75. The second kappa shape index (κ2) is 7.73. The summed E-state index contributed by atoms with van der Waals surface area (Å²) < 4.78 is 0. The van der Waals surface area contributed by atoms with Gasteiger partial charge in [0.05, 0.1) is 6.54 Å². The van der Waals surface area contributed by atoms with E-state index in [2.05, 4.69) is 50.4 Å². The molecule has 1 fully saturated rings. The molecule has 0 aromatic rings. The van der Waals surface area contributed by atoms with Crippen LogP contribution in [-0.4, -0.2) is 49.6 Å². The van der Waals surface area contributed by atoms with Gasteiger partial charge in [0.2, 0.25) is 0 Å². The molecule has 0 heterocycles. The Balaban J connectivity index is 2.54. The average molecular weight is 268 g/mol. The summed E-state index contributed by atoms with van der Waals surface area (Å²) in [6.45, 7) is 8.29. The fraction of sp³-hybridized carbons (Fsp3) is 0.933. The topological polar surface area (TPSA) is 39.7 Å². The summed E-state index contributed by atoms with van der Waals surface area (Å²) in [5.41, 5.74) is 0.0922. The van der Waals surface area contributed by atoms with Crippen LogP contribution in [0.4, 0.5) is 0 Å². The van der Waals surface area contributed by atoms with E-state index in [0.29, 0.717) is 6.04 Å². The summed E-state index contributed by atoms with van der Waals surface area (Å²) in [6.07, 6.45) is 6.64. The molecule has 0 saturated heterocycles. The molecule has 0 atom stereocenters. The van der Waals surface area contributed by atoms with E-state index < -0.39 is 0 Å². The number of nitrogens with zero attached hydrogens (tertiary/aromatic N) is 2. The molecule has 0 aliphatic heterocycles. The zero-order chi connectivity index (χ0) is 14.3. The maximum absolute atomic E-state index is 4.75. The van der Waals surface area contributed by atoms with E-state index in [-0.39, 0.29) is 5.54 Å². The lowest BCUT2D eigenvalue weighted by molar-refractivity contribution is 0.204. The van der Waals surface area contributed by atoms with Crippen LogP contribution in [0, 0.1) is 0 Å². The quantitative estimate of drug-likeness (QED) is 0.593. The number of hydrogen-bond donors (Lipinski definition) is 2. The van der Waals surface area contributed by atoms with Gasteiger partial charge in [-0.1, -0.05) is 19.3 Å². The molecule has 4 heteroatoms. The zero-order valence-corrected chi connectivity index (χ0v) is 13.4. The standard InChI is InChI=1S/C15H32N4/c1-6-16-14(17-12-15(2,3)19(4)5)18-13-10-8-7-9-11-13/h13H,6-12H2,1-5H3,(H2,16,17,18). The Morgan fingerprint density at radius 1 is 1.21 bits per heavy atom. The van der Waals surface area contributed by atoms with Crippen LogP contribution in [-0.2, 0) is 0 Å². The first kappa shape index (κ1) is 16.3. The molecule has 1 saturated carbocycles. The van der Waals surface area contributed by atoms with Gasteiger partial charge < -0.3 is 15.5 Å². The van der Waals surface area contributed by atoms with Gasteiger partial charge in [-0.05, 0) is 47.7 Å². The Kier molecular flexibility index (Phi) is 6.63. The molecular formula is C15H32N4. The first-order valence-corrected chi connectivity index (χ1v) is 7.68. The average Bonchev–Trinajstić information content (AvgIpc) is 2.37. The van der Waals surface area contributed by atoms with Crippen LogP contribution in [0.2, 0.25) is 0 Å². The Labute approximate surface area is 119 Å². The number of rotatable bonds is 5. The van der Waals surface area contributed by atoms with Gasteiger partial charge in [0, 0.05) is 18.1 Å². The maximum Gasteiger partial charge on any atom is 0.191 e. The van der Waals surface area contributed by atoms with Crippen molar-refractivity contribution < 1.29 is 0 Å². The highest BCUT2D eigenvalue weighted by Gasteiger charge is 2.20. The summed E-state index contributed by atoms with van der Waals surface area (Å²) >= 11 is 0. The number of likely N-dealkylation sites (N-methyl/N-ethyl adjacent to an activating group) is 1. The Morgan fingerprint density at radius 3 is 2.37 bits per heavy atom. The van der Waals surface area contributed by atoms with E-state index in [0.717, 1.165) is 19.0 Å². The third kappa shape index (κ3) is 5.81. The first-order chi connectivity index (χ1) is 8.95. The molecule has 0 spiro atoms. The van der Waals surface area contributed by atoms with Gasteiger partial charge in [0.25, 0.3) is 0 Å². The zero-order valence-electron chi connectivity index (χ0n) is 13.4. The predicted molar refractivity (Wildman–Crippen MR) is 83.8 cm³/mol. The lowest BCUT2D eigenvalue weighted by Crippen LogP contribution is -2.46. The minimum Gasteiger partial charge on any atom is -0.357 e. The normalized spacial score (nSPS) is 18.7. The number of guanidine groups is 1. The lowest BCUT2D eigenvalue weighted by Gasteiger charge is -2.31. The summed E-state index contributed by atoms with van der Waals surface area (Å²) in [5.74, 6) is 0.976. The summed E-state index contributed by atoms with van der Waals surface area (Å²) in [4.78, 5) is 6.98. The minimum absolute atomic E-state index is 0.0922. The van der Waals surface area contributed by atoms with Crippen LogP contribution in [0.15, 0.2) is 4.99 Å². The van der Waals surface area contributed by atoms with Crippen molar-refractivity contribution in [1.82, 2.24) is 15.5 Å². The molecule has 112 valence electrons. The molecule has 2 N–H and O–H groups in total. The molecule has 1 aliphatic carbocycles. The van der Waals surface area contributed by atoms with Crippen molar-refractivity contribution in [2.75, 3.05) is 27.2 Å². The fourth-order valence-electron chi connectivity index (χ4n) is 2.17. The van der Waals surface area contributed by atoms with Crippen LogP contribution in [0.3, 0.4) is 0 Å². The summed E-state index contributed by atoms with van der Waals surface area (Å²) in [5, 5.41) is 6.95. The first-order valence-electron chi connectivity index (χ1n) is 7.68. The highest BCUT2D eigenvalue weighted by atomic mass is 15.2. The van der Waals surface area contributed by atoms with E-state index in [4.69, 9.17) is 4.99 Å². The molecule has 0 radical (unpaired) electrons. The third-order valence-corrected chi connectivity index (χ3v) is 4.13. The van der Waals surface area contributed by atoms with E-state index in [1.807, 2.05) is 0 Å². The second-order valence-electron chi connectivity index (χ2n) is 6.38. The molecule has 1 rings (SSSR count). The van der Waals surface area contributed by atoms with Crippen molar-refractivity contribution in [3.8, 4) is 0 Å². The van der Waals surface area contributed by atoms with E-state index in [1.54, 1.807) is 0 Å². The van der Waals surface area contributed by atoms with Crippen molar-refractivity contribution in [3.05, 3.63) is 0 Å². The van der Waals surface area contributed by atoms with E-state index >= 15 is 0 Å². The minimum atomic E-state index is 0.0922. The molecular weight excluding hydrogens is 236 g/mol. The van der Waals surface area contributed by atoms with Gasteiger partial charge in [-0.15, -0.1) is 0 Å². The van der Waals surface area contributed by atoms with Gasteiger partial charge in [-0.3, -0.25) is 4.99 Å². The van der Waals surface area contributed by atoms with E-state index in [1.165, 1.54) is 32.1 Å². The van der Waals surface area contributed by atoms with Crippen molar-refractivity contribution in [1.29, 1.82) is 0 Å². The smallest absolute Gasteiger partial charge is 0.191 e. The molecule has 0 unspecified atom stereocenters. The number of nitrogens with one attached hydrogen (secondary N) is 2. The van der Waals surface area contributed by atoms with Gasteiger partial charge >= 0.3 is 0 Å². The molecule has 0 amide bonds. The summed E-state index contributed by atoms with van der Waals surface area (Å²) in [6, 6.07) is 0.606. The SMILES string of the molecule is CCNC(=NCC(C)(C)N(C)C)NC1CCCCC1. The Hall–Kier alpha value is -0.770. The van der Waals surface area contributed by atoms with Crippen LogP contribution >= 0.6 is 0 Å². The molecule has 0 bridgehead atoms. The molecule has 4 nitrogen and oxygen atoms in total. The van der Waals surface area contributed by atoms with Gasteiger partial charge in [0.1, 0.15) is 0 Å². The van der Waals surface area contributed by atoms with Crippen LogP contribution < -0.4 is 10.6 Å². The highest BCUT2D eigenvalue weighted by Crippen LogP contribution is 2.17. The molecule has 19 heavy (non-hydrogen) atoms. The monoisotopic (exact) mass is 268 g/mol. The third-order valence-electron chi connectivity index (χ3n) is 4.13.